The third-order valence-electron chi connectivity index (χ3n) is 3.14. The van der Waals surface area contributed by atoms with E-state index >= 15 is 0 Å². The fraction of sp³-hybridized carbons (Fsp3) is 0.308. The maximum absolute atomic E-state index is 12.9. The van der Waals surface area contributed by atoms with Crippen LogP contribution in [0, 0.1) is 5.82 Å². The summed E-state index contributed by atoms with van der Waals surface area (Å²) >= 11 is 1.21. The molecule has 1 aromatic carbocycles. The van der Waals surface area contributed by atoms with Crippen molar-refractivity contribution in [2.75, 3.05) is 5.32 Å². The molecule has 3 rings (SSSR count). The summed E-state index contributed by atoms with van der Waals surface area (Å²) in [5.41, 5.74) is 5.99. The van der Waals surface area contributed by atoms with E-state index in [9.17, 15) is 9.18 Å². The Kier molecular flexibility index (Phi) is 3.35. The molecule has 1 amide bonds. The fourth-order valence-corrected chi connectivity index (χ4v) is 2.57. The first-order chi connectivity index (χ1) is 9.63. The van der Waals surface area contributed by atoms with E-state index in [2.05, 4.69) is 14.7 Å². The second kappa shape index (κ2) is 5.16. The minimum absolute atomic E-state index is 0.357. The molecule has 1 unspecified atom stereocenters. The number of halogens is 1. The van der Waals surface area contributed by atoms with Crippen molar-refractivity contribution in [3.8, 4) is 0 Å². The van der Waals surface area contributed by atoms with E-state index in [1.807, 2.05) is 0 Å². The minimum Gasteiger partial charge on any atom is -0.368 e. The van der Waals surface area contributed by atoms with Gasteiger partial charge >= 0.3 is 0 Å². The molecule has 1 atom stereocenters. The van der Waals surface area contributed by atoms with Gasteiger partial charge < -0.3 is 11.1 Å². The molecule has 5 nitrogen and oxygen atoms in total. The van der Waals surface area contributed by atoms with Crippen molar-refractivity contribution in [3.05, 3.63) is 41.5 Å². The van der Waals surface area contributed by atoms with Crippen LogP contribution in [0.4, 0.5) is 9.52 Å². The van der Waals surface area contributed by atoms with E-state index in [4.69, 9.17) is 5.73 Å². The van der Waals surface area contributed by atoms with Crippen LogP contribution >= 0.6 is 11.5 Å². The van der Waals surface area contributed by atoms with Gasteiger partial charge in [-0.2, -0.15) is 4.37 Å². The maximum atomic E-state index is 12.9. The van der Waals surface area contributed by atoms with Gasteiger partial charge in [0.25, 0.3) is 0 Å². The van der Waals surface area contributed by atoms with Crippen LogP contribution in [-0.4, -0.2) is 15.3 Å². The molecule has 0 radical (unpaired) electrons. The van der Waals surface area contributed by atoms with Crippen LogP contribution < -0.4 is 11.1 Å². The van der Waals surface area contributed by atoms with Gasteiger partial charge in [-0.3, -0.25) is 4.79 Å². The first-order valence-electron chi connectivity index (χ1n) is 6.28. The van der Waals surface area contributed by atoms with E-state index in [-0.39, 0.29) is 5.82 Å². The van der Waals surface area contributed by atoms with Crippen LogP contribution in [0.5, 0.6) is 0 Å². The largest absolute Gasteiger partial charge is 0.368 e. The molecular formula is C13H13FN4OS. The van der Waals surface area contributed by atoms with Crippen molar-refractivity contribution in [1.82, 2.24) is 9.36 Å². The van der Waals surface area contributed by atoms with Gasteiger partial charge in [-0.05, 0) is 30.5 Å². The van der Waals surface area contributed by atoms with Crippen molar-refractivity contribution < 1.29 is 9.18 Å². The highest BCUT2D eigenvalue weighted by atomic mass is 32.1. The van der Waals surface area contributed by atoms with Crippen LogP contribution in [0.1, 0.15) is 36.2 Å². The maximum Gasteiger partial charge on any atom is 0.244 e. The summed E-state index contributed by atoms with van der Waals surface area (Å²) < 4.78 is 17.2. The summed E-state index contributed by atoms with van der Waals surface area (Å²) in [5, 5.41) is 3.52. The zero-order chi connectivity index (χ0) is 14.1. The van der Waals surface area contributed by atoms with E-state index < -0.39 is 11.9 Å². The number of nitrogens with one attached hydrogen (secondary N) is 1. The monoisotopic (exact) mass is 292 g/mol. The Morgan fingerprint density at radius 3 is 2.70 bits per heavy atom. The van der Waals surface area contributed by atoms with Crippen LogP contribution in [0.25, 0.3) is 0 Å². The minimum atomic E-state index is -0.740. The lowest BCUT2D eigenvalue weighted by atomic mass is 10.1. The van der Waals surface area contributed by atoms with Gasteiger partial charge in [0.1, 0.15) is 17.7 Å². The number of nitrogens with two attached hydrogens (primary N) is 1. The summed E-state index contributed by atoms with van der Waals surface area (Å²) in [7, 11) is 0. The average Bonchev–Trinajstić information content (AvgIpc) is 3.17. The Morgan fingerprint density at radius 2 is 2.10 bits per heavy atom. The quantitative estimate of drug-likeness (QED) is 0.885. The number of hydrogen-bond acceptors (Lipinski definition) is 5. The van der Waals surface area contributed by atoms with Gasteiger partial charge in [-0.25, -0.2) is 9.37 Å². The third kappa shape index (κ3) is 2.77. The van der Waals surface area contributed by atoms with Crippen LogP contribution in [-0.2, 0) is 4.79 Å². The van der Waals surface area contributed by atoms with Crippen LogP contribution in [0.2, 0.25) is 0 Å². The number of hydrogen-bond donors (Lipinski definition) is 2. The summed E-state index contributed by atoms with van der Waals surface area (Å²) in [4.78, 5) is 15.9. The number of rotatable bonds is 5. The molecule has 7 heteroatoms. The smallest absolute Gasteiger partial charge is 0.244 e. The van der Waals surface area contributed by atoms with Crippen LogP contribution in [0.15, 0.2) is 24.3 Å². The molecule has 1 heterocycles. The molecule has 0 spiro atoms. The Balaban J connectivity index is 1.79. The topological polar surface area (TPSA) is 80.9 Å². The molecule has 0 saturated heterocycles. The summed E-state index contributed by atoms with van der Waals surface area (Å²) in [5.74, 6) is 0.378. The molecular weight excluding hydrogens is 279 g/mol. The van der Waals surface area contributed by atoms with Gasteiger partial charge in [0.05, 0.1) is 0 Å². The highest BCUT2D eigenvalue weighted by molar-refractivity contribution is 7.09. The zero-order valence-electron chi connectivity index (χ0n) is 10.5. The SMILES string of the molecule is NC(=O)C(Nc1nc(C2CC2)ns1)c1ccc(F)cc1. The standard InChI is InChI=1S/C13H13FN4OS/c14-9-5-3-7(4-6-9)10(11(15)19)16-13-17-12(18-20-13)8-1-2-8/h3-6,8,10H,1-2H2,(H2,15,19)(H,16,17,18). The molecule has 2 aromatic rings. The molecule has 20 heavy (non-hydrogen) atoms. The highest BCUT2D eigenvalue weighted by Crippen LogP contribution is 2.39. The number of amides is 1. The fourth-order valence-electron chi connectivity index (χ4n) is 1.90. The number of carbonyl (C=O) groups is 1. The molecule has 0 aliphatic heterocycles. The number of aromatic nitrogens is 2. The molecule has 104 valence electrons. The third-order valence-corrected chi connectivity index (χ3v) is 3.80. The molecule has 3 N–H and O–H groups in total. The first-order valence-corrected chi connectivity index (χ1v) is 7.06. The van der Waals surface area contributed by atoms with E-state index in [1.165, 1.54) is 35.8 Å². The number of carbonyl (C=O) groups excluding carboxylic acids is 1. The normalized spacial score (nSPS) is 15.8. The summed E-state index contributed by atoms with van der Waals surface area (Å²) in [6.45, 7) is 0. The van der Waals surface area contributed by atoms with Crippen molar-refractivity contribution in [1.29, 1.82) is 0 Å². The van der Waals surface area contributed by atoms with Gasteiger partial charge in [-0.1, -0.05) is 12.1 Å². The van der Waals surface area contributed by atoms with Gasteiger partial charge in [-0.15, -0.1) is 0 Å². The Morgan fingerprint density at radius 1 is 1.40 bits per heavy atom. The Bertz CT molecular complexity index is 624. The van der Waals surface area contributed by atoms with Crippen molar-refractivity contribution in [2.45, 2.75) is 24.8 Å². The summed E-state index contributed by atoms with van der Waals surface area (Å²) in [6, 6.07) is 4.91. The van der Waals surface area contributed by atoms with E-state index in [1.54, 1.807) is 0 Å². The Hall–Kier alpha value is -2.02. The number of primary amides is 1. The Labute approximate surface area is 119 Å². The molecule has 0 bridgehead atoms. The predicted octanol–water partition coefficient (Wildman–Crippen LogP) is 2.19. The lowest BCUT2D eigenvalue weighted by Gasteiger charge is -2.14. The van der Waals surface area contributed by atoms with Crippen LogP contribution in [0.3, 0.4) is 0 Å². The lowest BCUT2D eigenvalue weighted by Crippen LogP contribution is -2.27. The predicted molar refractivity (Wildman–Crippen MR) is 73.8 cm³/mol. The lowest BCUT2D eigenvalue weighted by molar-refractivity contribution is -0.118. The van der Waals surface area contributed by atoms with Gasteiger partial charge in [0, 0.05) is 17.5 Å². The molecule has 1 aliphatic rings. The first kappa shape index (κ1) is 13.0. The van der Waals surface area contributed by atoms with Crippen molar-refractivity contribution in [2.24, 2.45) is 5.73 Å². The van der Waals surface area contributed by atoms with Crippen molar-refractivity contribution >= 4 is 22.6 Å². The van der Waals surface area contributed by atoms with E-state index in [0.29, 0.717) is 16.6 Å². The second-order valence-electron chi connectivity index (χ2n) is 4.76. The van der Waals surface area contributed by atoms with E-state index in [0.717, 1.165) is 18.7 Å². The van der Waals surface area contributed by atoms with Gasteiger partial charge in [0.15, 0.2) is 0 Å². The second-order valence-corrected chi connectivity index (χ2v) is 5.52. The molecule has 1 aromatic heterocycles. The molecule has 1 aliphatic carbocycles. The molecule has 1 fully saturated rings. The average molecular weight is 292 g/mol. The van der Waals surface area contributed by atoms with Gasteiger partial charge in [0.2, 0.25) is 11.0 Å². The molecule has 1 saturated carbocycles. The number of benzene rings is 1. The summed E-state index contributed by atoms with van der Waals surface area (Å²) in [6.07, 6.45) is 2.24. The van der Waals surface area contributed by atoms with Crippen molar-refractivity contribution in [3.63, 3.8) is 0 Å². The number of anilines is 1. The number of nitrogens with zero attached hydrogens (tertiary/aromatic N) is 2. The zero-order valence-corrected chi connectivity index (χ0v) is 11.4. The highest BCUT2D eigenvalue weighted by Gasteiger charge is 2.28.